The van der Waals surface area contributed by atoms with E-state index in [2.05, 4.69) is 55.9 Å². The van der Waals surface area contributed by atoms with E-state index < -0.39 is 10.1 Å². The zero-order valence-electron chi connectivity index (χ0n) is 16.4. The van der Waals surface area contributed by atoms with Crippen molar-refractivity contribution in [1.29, 1.82) is 0 Å². The topological polar surface area (TPSA) is 62.3 Å². The molecule has 6 heteroatoms. The second-order valence-electron chi connectivity index (χ2n) is 7.71. The minimum atomic E-state index is -4.25. The van der Waals surface area contributed by atoms with Gasteiger partial charge in [-0.1, -0.05) is 0 Å². The predicted molar refractivity (Wildman–Crippen MR) is 109 cm³/mol. The van der Waals surface area contributed by atoms with Gasteiger partial charge in [-0.25, -0.2) is 0 Å². The summed E-state index contributed by atoms with van der Waals surface area (Å²) in [5.74, 6) is 0. The summed E-state index contributed by atoms with van der Waals surface area (Å²) in [5.41, 5.74) is 5.61. The summed E-state index contributed by atoms with van der Waals surface area (Å²) in [6, 6.07) is 9.18. The number of aromatic nitrogens is 1. The van der Waals surface area contributed by atoms with Gasteiger partial charge in [0.1, 0.15) is 6.54 Å². The smallest absolute Gasteiger partial charge is 0.294 e. The van der Waals surface area contributed by atoms with E-state index in [1.807, 2.05) is 0 Å². The summed E-state index contributed by atoms with van der Waals surface area (Å²) in [6.07, 6.45) is 0. The summed E-state index contributed by atoms with van der Waals surface area (Å²) in [7, 11) is -4.25. The van der Waals surface area contributed by atoms with E-state index in [-0.39, 0.29) is 10.3 Å². The normalized spacial score (nSPS) is 16.5. The van der Waals surface area contributed by atoms with Crippen molar-refractivity contribution in [3.63, 3.8) is 0 Å². The van der Waals surface area contributed by atoms with Crippen LogP contribution in [-0.4, -0.2) is 34.4 Å². The van der Waals surface area contributed by atoms with Crippen LogP contribution in [0, 0.1) is 0 Å². The van der Waals surface area contributed by atoms with Crippen LogP contribution >= 0.6 is 0 Å². The van der Waals surface area contributed by atoms with Crippen molar-refractivity contribution in [2.45, 2.75) is 51.5 Å². The fourth-order valence-corrected chi connectivity index (χ4v) is 5.13. The molecule has 0 fully saturated rings. The molecule has 0 saturated carbocycles. The van der Waals surface area contributed by atoms with E-state index in [1.165, 1.54) is 23.0 Å². The lowest BCUT2D eigenvalue weighted by atomic mass is 9.80. The number of hydrogen-bond donors (Lipinski definition) is 1. The van der Waals surface area contributed by atoms with Crippen LogP contribution in [-0.2, 0) is 22.1 Å². The van der Waals surface area contributed by atoms with Crippen LogP contribution in [0.3, 0.4) is 0 Å². The van der Waals surface area contributed by atoms with Gasteiger partial charge in [0, 0.05) is 46.9 Å². The number of fused-ring (bicyclic) bond motifs is 5. The monoisotopic (exact) mass is 385 g/mol. The van der Waals surface area contributed by atoms with Gasteiger partial charge in [0.15, 0.2) is 5.71 Å². The number of aryl methyl sites for hydroxylation is 1. The zero-order valence-corrected chi connectivity index (χ0v) is 17.2. The van der Waals surface area contributed by atoms with Crippen LogP contribution in [0.1, 0.15) is 40.2 Å². The van der Waals surface area contributed by atoms with Crippen molar-refractivity contribution in [2.75, 3.05) is 6.54 Å². The Morgan fingerprint density at radius 3 is 2.37 bits per heavy atom. The lowest BCUT2D eigenvalue weighted by molar-refractivity contribution is -0.434. The first-order valence-corrected chi connectivity index (χ1v) is 10.7. The van der Waals surface area contributed by atoms with Crippen molar-refractivity contribution in [2.24, 2.45) is 0 Å². The molecule has 0 radical (unpaired) electrons. The molecule has 27 heavy (non-hydrogen) atoms. The van der Waals surface area contributed by atoms with E-state index in [0.717, 1.165) is 34.9 Å². The molecule has 1 aromatic heterocycles. The molecule has 0 atom stereocenters. The molecule has 1 aliphatic heterocycles. The fourth-order valence-electron chi connectivity index (χ4n) is 4.62. The molecule has 3 aromatic rings. The Morgan fingerprint density at radius 1 is 1.11 bits per heavy atom. The van der Waals surface area contributed by atoms with Crippen molar-refractivity contribution >= 4 is 43.3 Å². The van der Waals surface area contributed by atoms with Gasteiger partial charge in [0.05, 0.1) is 10.3 Å². The molecule has 1 aliphatic rings. The Hall–Kier alpha value is -2.18. The molecule has 4 rings (SSSR count). The third-order valence-corrected chi connectivity index (χ3v) is 6.99. The largest absolute Gasteiger partial charge is 0.341 e. The number of hydrogen-bond acceptors (Lipinski definition) is 2. The fraction of sp³-hybridized carbons (Fsp3) is 0.381. The quantitative estimate of drug-likeness (QED) is 0.534. The molecule has 0 unspecified atom stereocenters. The van der Waals surface area contributed by atoms with Crippen LogP contribution in [0.25, 0.3) is 21.8 Å². The molecule has 2 aromatic carbocycles. The number of nitrogens with zero attached hydrogens (tertiary/aromatic N) is 2. The van der Waals surface area contributed by atoms with E-state index in [9.17, 15) is 13.0 Å². The Kier molecular flexibility index (Phi) is 3.81. The Morgan fingerprint density at radius 2 is 1.78 bits per heavy atom. The van der Waals surface area contributed by atoms with E-state index in [4.69, 9.17) is 0 Å². The van der Waals surface area contributed by atoms with Crippen LogP contribution in [0.4, 0.5) is 5.69 Å². The summed E-state index contributed by atoms with van der Waals surface area (Å²) in [6.45, 7) is 12.5. The van der Waals surface area contributed by atoms with Gasteiger partial charge in [-0.05, 0) is 52.0 Å². The number of rotatable bonds is 3. The average molecular weight is 386 g/mol. The van der Waals surface area contributed by atoms with Gasteiger partial charge in [-0.3, -0.25) is 4.55 Å². The highest BCUT2D eigenvalue weighted by Crippen LogP contribution is 2.47. The Bertz CT molecular complexity index is 1250. The number of benzene rings is 2. The zero-order chi connectivity index (χ0) is 19.7. The highest BCUT2D eigenvalue weighted by atomic mass is 32.2. The van der Waals surface area contributed by atoms with Crippen LogP contribution in [0.15, 0.2) is 35.2 Å². The minimum Gasteiger partial charge on any atom is -0.341 e. The van der Waals surface area contributed by atoms with Crippen molar-refractivity contribution in [3.8, 4) is 0 Å². The molecule has 0 amide bonds. The molecule has 142 valence electrons. The first-order valence-electron chi connectivity index (χ1n) is 9.31. The van der Waals surface area contributed by atoms with Gasteiger partial charge >= 0.3 is 0 Å². The Labute approximate surface area is 159 Å². The second kappa shape index (κ2) is 5.66. The summed E-state index contributed by atoms with van der Waals surface area (Å²) in [5, 5.41) is 1.95. The first-order chi connectivity index (χ1) is 12.6. The maximum Gasteiger partial charge on any atom is 0.294 e. The minimum absolute atomic E-state index is 0.0633. The second-order valence-corrected chi connectivity index (χ2v) is 9.13. The SMILES string of the molecule is CCn1c2ccc(S(=O)(=O)O)cc2c2c3c(ccc21)[N+](CC)=C(C)C3(C)C. The molecule has 2 heterocycles. The Balaban J connectivity index is 2.24. The maximum absolute atomic E-state index is 11.7. The lowest BCUT2D eigenvalue weighted by Gasteiger charge is -2.16. The lowest BCUT2D eigenvalue weighted by Crippen LogP contribution is -2.26. The molecule has 5 nitrogen and oxygen atoms in total. The summed E-state index contributed by atoms with van der Waals surface area (Å²) >= 11 is 0. The van der Waals surface area contributed by atoms with E-state index in [0.29, 0.717) is 0 Å². The van der Waals surface area contributed by atoms with Gasteiger partial charge in [-0.2, -0.15) is 13.0 Å². The highest BCUT2D eigenvalue weighted by Gasteiger charge is 2.44. The van der Waals surface area contributed by atoms with Crippen LogP contribution in [0.5, 0.6) is 0 Å². The molecule has 0 saturated heterocycles. The molecular formula is C21H25N2O3S+. The average Bonchev–Trinajstić information content (AvgIpc) is 3.03. The van der Waals surface area contributed by atoms with Crippen LogP contribution < -0.4 is 0 Å². The standard InChI is InChI=1S/C21H24N2O3S/c1-6-22-13(3)21(4,5)20-18(22)11-10-17-19(20)15-12-14(27(24,25)26)8-9-16(15)23(17)7-2/h8-12H,6-7H2,1-5H3/p+1. The highest BCUT2D eigenvalue weighted by molar-refractivity contribution is 7.85. The summed E-state index contributed by atoms with van der Waals surface area (Å²) in [4.78, 5) is -0.0633. The molecule has 0 bridgehead atoms. The maximum atomic E-state index is 11.7. The third-order valence-electron chi connectivity index (χ3n) is 6.14. The van der Waals surface area contributed by atoms with Crippen LogP contribution in [0.2, 0.25) is 0 Å². The molecule has 0 spiro atoms. The van der Waals surface area contributed by atoms with Gasteiger partial charge in [0.25, 0.3) is 10.1 Å². The van der Waals surface area contributed by atoms with Crippen molar-refractivity contribution < 1.29 is 17.5 Å². The van der Waals surface area contributed by atoms with E-state index >= 15 is 0 Å². The molecule has 1 N–H and O–H groups in total. The van der Waals surface area contributed by atoms with Gasteiger partial charge in [-0.15, -0.1) is 0 Å². The predicted octanol–water partition coefficient (Wildman–Crippen LogP) is 4.48. The first kappa shape index (κ1) is 18.2. The molecular weight excluding hydrogens is 360 g/mol. The van der Waals surface area contributed by atoms with Gasteiger partial charge in [0.2, 0.25) is 5.69 Å². The summed E-state index contributed by atoms with van der Waals surface area (Å²) < 4.78 is 37.6. The van der Waals surface area contributed by atoms with Crippen molar-refractivity contribution in [3.05, 3.63) is 35.9 Å². The van der Waals surface area contributed by atoms with E-state index in [1.54, 1.807) is 12.1 Å². The van der Waals surface area contributed by atoms with Crippen molar-refractivity contribution in [1.82, 2.24) is 4.57 Å². The van der Waals surface area contributed by atoms with Gasteiger partial charge < -0.3 is 4.57 Å². The molecule has 0 aliphatic carbocycles. The third kappa shape index (κ3) is 2.33.